The largest absolute Gasteiger partial charge is 0.508 e. The molecule has 4 aromatic carbocycles. The van der Waals surface area contributed by atoms with Gasteiger partial charge in [-0.25, -0.2) is 8.37 Å². The van der Waals surface area contributed by atoms with Gasteiger partial charge in [-0.2, -0.15) is 16.8 Å². The van der Waals surface area contributed by atoms with E-state index in [1.807, 2.05) is 26.0 Å². The van der Waals surface area contributed by atoms with Gasteiger partial charge in [-0.3, -0.25) is 9.80 Å². The standard InChI is InChI=1S/2C22H27NO5S/c1-3-12-23-20-11-7-16-6-8-17(24)13-19(16)22(20)27-14-21(23)28-29(25,26)18-9-4-15(2)5-10-18;1-3-12-23-14-21(28-29(25,26)18-9-4-15(2)5-10-18)27-22-19-13-17(24)8-6-16(19)7-11-20(22)23/h2*4-6,8-10,13,20-22,24H,3,7,11-12,14H2,1-2H3/t2*20-,21?,22-/m11/s1. The predicted molar refractivity (Wildman–Crippen MR) is 218 cm³/mol. The Hall–Kier alpha value is -3.86. The number of phenolic OH excluding ortho intramolecular Hbond substituents is 2. The van der Waals surface area contributed by atoms with Gasteiger partial charge >= 0.3 is 0 Å². The van der Waals surface area contributed by atoms with Crippen LogP contribution in [0.3, 0.4) is 0 Å². The molecule has 12 nitrogen and oxygen atoms in total. The molecule has 2 heterocycles. The minimum atomic E-state index is -3.94. The Kier molecular flexibility index (Phi) is 13.0. The summed E-state index contributed by atoms with van der Waals surface area (Å²) in [7, 11) is -7.83. The van der Waals surface area contributed by atoms with Crippen LogP contribution in [0.15, 0.2) is 94.7 Å². The maximum Gasteiger partial charge on any atom is 0.299 e. The monoisotopic (exact) mass is 834 g/mol. The molecule has 312 valence electrons. The van der Waals surface area contributed by atoms with Crippen LogP contribution in [0, 0.1) is 13.8 Å². The van der Waals surface area contributed by atoms with Crippen molar-refractivity contribution in [3.8, 4) is 11.5 Å². The molecule has 2 unspecified atom stereocenters. The fourth-order valence-electron chi connectivity index (χ4n) is 8.64. The average molecular weight is 835 g/mol. The van der Waals surface area contributed by atoms with Gasteiger partial charge in [-0.15, -0.1) is 0 Å². The third-order valence-corrected chi connectivity index (χ3v) is 14.1. The van der Waals surface area contributed by atoms with E-state index in [9.17, 15) is 27.0 Å². The highest BCUT2D eigenvalue weighted by atomic mass is 32.2. The van der Waals surface area contributed by atoms with Crippen LogP contribution in [-0.4, -0.2) is 87.7 Å². The summed E-state index contributed by atoms with van der Waals surface area (Å²) in [6, 6.07) is 24.2. The zero-order valence-electron chi connectivity index (χ0n) is 33.5. The molecule has 58 heavy (non-hydrogen) atoms. The number of morpholine rings is 2. The zero-order valence-corrected chi connectivity index (χ0v) is 35.1. The van der Waals surface area contributed by atoms with E-state index >= 15 is 0 Å². The molecule has 4 aromatic rings. The van der Waals surface area contributed by atoms with Crippen LogP contribution < -0.4 is 0 Å². The second kappa shape index (κ2) is 17.8. The molecule has 0 bridgehead atoms. The Bertz CT molecular complexity index is 2270. The number of nitrogens with zero attached hydrogens (tertiary/aromatic N) is 2. The normalized spacial score (nSPS) is 24.7. The number of hydrogen-bond donors (Lipinski definition) is 2. The van der Waals surface area contributed by atoms with Gasteiger partial charge in [-0.1, -0.05) is 61.4 Å². The van der Waals surface area contributed by atoms with Crippen molar-refractivity contribution >= 4 is 20.2 Å². The summed E-state index contributed by atoms with van der Waals surface area (Å²) in [6.07, 6.45) is 3.29. The number of ether oxygens (including phenoxy) is 2. The van der Waals surface area contributed by atoms with Crippen molar-refractivity contribution in [3.05, 3.63) is 118 Å². The summed E-state index contributed by atoms with van der Waals surface area (Å²) >= 11 is 0. The van der Waals surface area contributed by atoms with Gasteiger partial charge in [0.2, 0.25) is 0 Å². The van der Waals surface area contributed by atoms with Crippen molar-refractivity contribution in [3.63, 3.8) is 0 Å². The lowest BCUT2D eigenvalue weighted by atomic mass is 9.83. The van der Waals surface area contributed by atoms with Crippen molar-refractivity contribution in [2.24, 2.45) is 0 Å². The summed E-state index contributed by atoms with van der Waals surface area (Å²) in [6.45, 7) is 10.1. The van der Waals surface area contributed by atoms with Crippen LogP contribution in [-0.2, 0) is 50.9 Å². The first-order valence-corrected chi connectivity index (χ1v) is 23.0. The molecule has 2 N–H and O–H groups in total. The fourth-order valence-corrected chi connectivity index (χ4v) is 10.6. The second-order valence-electron chi connectivity index (χ2n) is 15.6. The minimum absolute atomic E-state index is 0.0104. The van der Waals surface area contributed by atoms with Crippen LogP contribution in [0.25, 0.3) is 0 Å². The van der Waals surface area contributed by atoms with Gasteiger partial charge in [0.1, 0.15) is 17.6 Å². The topological polar surface area (TPSA) is 152 Å². The Balaban J connectivity index is 0.000000177. The van der Waals surface area contributed by atoms with Crippen LogP contribution in [0.1, 0.15) is 85.1 Å². The highest BCUT2D eigenvalue weighted by Crippen LogP contribution is 2.43. The summed E-state index contributed by atoms with van der Waals surface area (Å²) in [5.74, 6) is 0.403. The van der Waals surface area contributed by atoms with E-state index in [4.69, 9.17) is 17.8 Å². The number of rotatable bonds is 10. The van der Waals surface area contributed by atoms with Crippen LogP contribution in [0.5, 0.6) is 11.5 Å². The van der Waals surface area contributed by atoms with Crippen LogP contribution in [0.2, 0.25) is 0 Å². The molecular weight excluding hydrogens is 781 g/mol. The summed E-state index contributed by atoms with van der Waals surface area (Å²) in [5, 5.41) is 19.9. The van der Waals surface area contributed by atoms with E-state index in [1.54, 1.807) is 72.8 Å². The van der Waals surface area contributed by atoms with E-state index in [-0.39, 0.29) is 52.2 Å². The van der Waals surface area contributed by atoms with E-state index < -0.39 is 32.8 Å². The van der Waals surface area contributed by atoms with Crippen molar-refractivity contribution < 1.29 is 44.9 Å². The molecule has 2 fully saturated rings. The molecule has 0 radical (unpaired) electrons. The second-order valence-corrected chi connectivity index (χ2v) is 18.8. The molecule has 14 heteroatoms. The SMILES string of the molecule is CCCN1C(OS(=O)(=O)c2ccc(C)cc2)CO[C@@H]2c3cc(O)ccc3CC[C@H]21.CCCN1CC(OS(=O)(=O)c2ccc(C)cc2)O[C@@H]2c3cc(O)ccc3CC[C@H]21. The number of aryl methyl sites for hydroxylation is 4. The van der Waals surface area contributed by atoms with Gasteiger partial charge < -0.3 is 19.7 Å². The molecule has 0 saturated carbocycles. The summed E-state index contributed by atoms with van der Waals surface area (Å²) < 4.78 is 74.7. The lowest BCUT2D eigenvalue weighted by Crippen LogP contribution is -2.56. The van der Waals surface area contributed by atoms with Crippen LogP contribution >= 0.6 is 0 Å². The highest BCUT2D eigenvalue weighted by Gasteiger charge is 2.44. The first kappa shape index (κ1) is 42.3. The maximum absolute atomic E-state index is 12.8. The number of benzene rings is 4. The van der Waals surface area contributed by atoms with Crippen molar-refractivity contribution in [2.45, 2.75) is 113 Å². The number of phenols is 2. The Morgan fingerprint density at radius 3 is 1.74 bits per heavy atom. The molecular formula is C44H54N2O10S2. The molecule has 0 amide bonds. The van der Waals surface area contributed by atoms with Gasteiger partial charge in [0.25, 0.3) is 20.2 Å². The Morgan fingerprint density at radius 1 is 0.672 bits per heavy atom. The maximum atomic E-state index is 12.8. The van der Waals surface area contributed by atoms with Gasteiger partial charge in [0, 0.05) is 18.6 Å². The zero-order chi connectivity index (χ0) is 41.2. The molecule has 6 atom stereocenters. The Morgan fingerprint density at radius 2 is 1.19 bits per heavy atom. The lowest BCUT2D eigenvalue weighted by Gasteiger charge is -2.47. The number of hydrogen-bond acceptors (Lipinski definition) is 12. The summed E-state index contributed by atoms with van der Waals surface area (Å²) in [5.41, 5.74) is 6.18. The van der Waals surface area contributed by atoms with Gasteiger partial charge in [0.05, 0.1) is 29.0 Å². The highest BCUT2D eigenvalue weighted by molar-refractivity contribution is 7.87. The molecule has 0 spiro atoms. The molecule has 0 aromatic heterocycles. The van der Waals surface area contributed by atoms with E-state index in [0.717, 1.165) is 72.9 Å². The first-order valence-electron chi connectivity index (χ1n) is 20.2. The molecule has 2 saturated heterocycles. The molecule has 4 aliphatic rings. The number of fused-ring (bicyclic) bond motifs is 6. The van der Waals surface area contributed by atoms with E-state index in [1.165, 1.54) is 5.56 Å². The third kappa shape index (κ3) is 9.29. The minimum Gasteiger partial charge on any atom is -0.508 e. The molecule has 2 aliphatic heterocycles. The van der Waals surface area contributed by atoms with Gasteiger partial charge in [-0.05, 0) is 130 Å². The fraction of sp³-hybridized carbons (Fsp3) is 0.455. The Labute approximate surface area is 342 Å². The van der Waals surface area contributed by atoms with Crippen LogP contribution in [0.4, 0.5) is 0 Å². The molecule has 8 rings (SSSR count). The lowest BCUT2D eigenvalue weighted by molar-refractivity contribution is -0.197. The average Bonchev–Trinajstić information content (AvgIpc) is 3.19. The third-order valence-electron chi connectivity index (χ3n) is 11.4. The first-order chi connectivity index (χ1) is 27.8. The summed E-state index contributed by atoms with van der Waals surface area (Å²) in [4.78, 5) is 4.65. The quantitative estimate of drug-likeness (QED) is 0.157. The predicted octanol–water partition coefficient (Wildman–Crippen LogP) is 7.06. The van der Waals surface area contributed by atoms with Gasteiger partial charge in [0.15, 0.2) is 12.5 Å². The van der Waals surface area contributed by atoms with Crippen molar-refractivity contribution in [2.75, 3.05) is 26.2 Å². The number of aromatic hydroxyl groups is 2. The van der Waals surface area contributed by atoms with Crippen molar-refractivity contribution in [1.82, 2.24) is 9.80 Å². The smallest absolute Gasteiger partial charge is 0.299 e. The van der Waals surface area contributed by atoms with E-state index in [0.29, 0.717) is 13.1 Å². The van der Waals surface area contributed by atoms with E-state index in [2.05, 4.69) is 23.6 Å². The molecule has 2 aliphatic carbocycles. The van der Waals surface area contributed by atoms with Crippen molar-refractivity contribution in [1.29, 1.82) is 0 Å².